The summed E-state index contributed by atoms with van der Waals surface area (Å²) in [4.78, 5) is 11.8. The molecule has 6 nitrogen and oxygen atoms in total. The Morgan fingerprint density at radius 1 is 1.33 bits per heavy atom. The number of carbonyl (C=O) groups excluding carboxylic acids is 1. The van der Waals surface area contributed by atoms with Gasteiger partial charge in [-0.25, -0.2) is 17.5 Å². The molecule has 0 radical (unpaired) electrons. The van der Waals surface area contributed by atoms with Crippen LogP contribution in [-0.4, -0.2) is 40.8 Å². The number of amides is 1. The standard InChI is InChI=1S/C13H19FN2O4S/c1-20-8-7-15-13(17)9-12(16-21(2,18)19)10-3-5-11(14)6-4-10/h3-6,12,16H,7-9H2,1-2H3,(H,15,17)/t12-/m0/s1. The lowest BCUT2D eigenvalue weighted by atomic mass is 10.0. The first-order chi connectivity index (χ1) is 9.81. The summed E-state index contributed by atoms with van der Waals surface area (Å²) in [6.45, 7) is 0.705. The molecule has 0 heterocycles. The molecule has 0 saturated carbocycles. The van der Waals surface area contributed by atoms with Crippen molar-refractivity contribution in [3.05, 3.63) is 35.6 Å². The molecule has 1 atom stereocenters. The lowest BCUT2D eigenvalue weighted by Crippen LogP contribution is -2.34. The van der Waals surface area contributed by atoms with E-state index >= 15 is 0 Å². The van der Waals surface area contributed by atoms with Crippen molar-refractivity contribution in [1.29, 1.82) is 0 Å². The highest BCUT2D eigenvalue weighted by Crippen LogP contribution is 2.18. The number of nitrogens with one attached hydrogen (secondary N) is 2. The molecule has 0 saturated heterocycles. The molecule has 0 unspecified atom stereocenters. The highest BCUT2D eigenvalue weighted by atomic mass is 32.2. The van der Waals surface area contributed by atoms with Gasteiger partial charge in [-0.2, -0.15) is 0 Å². The molecule has 1 aromatic carbocycles. The Hall–Kier alpha value is -1.51. The number of methoxy groups -OCH3 is 1. The van der Waals surface area contributed by atoms with Crippen molar-refractivity contribution >= 4 is 15.9 Å². The number of benzene rings is 1. The molecule has 1 amide bonds. The second kappa shape index (κ2) is 8.06. The Morgan fingerprint density at radius 3 is 2.48 bits per heavy atom. The maximum Gasteiger partial charge on any atom is 0.222 e. The van der Waals surface area contributed by atoms with Gasteiger partial charge in [0.2, 0.25) is 15.9 Å². The van der Waals surface area contributed by atoms with E-state index in [1.54, 1.807) is 0 Å². The van der Waals surface area contributed by atoms with E-state index in [1.165, 1.54) is 31.4 Å². The normalized spacial score (nSPS) is 12.9. The summed E-state index contributed by atoms with van der Waals surface area (Å²) < 4.78 is 42.9. The first kappa shape index (κ1) is 17.5. The first-order valence-corrected chi connectivity index (χ1v) is 8.19. The second-order valence-electron chi connectivity index (χ2n) is 4.54. The SMILES string of the molecule is COCCNC(=O)C[C@H](NS(C)(=O)=O)c1ccc(F)cc1. The first-order valence-electron chi connectivity index (χ1n) is 6.30. The highest BCUT2D eigenvalue weighted by molar-refractivity contribution is 7.88. The highest BCUT2D eigenvalue weighted by Gasteiger charge is 2.19. The quantitative estimate of drug-likeness (QED) is 0.686. The Kier molecular flexibility index (Phi) is 6.73. The van der Waals surface area contributed by atoms with E-state index in [0.717, 1.165) is 6.26 Å². The van der Waals surface area contributed by atoms with Crippen LogP contribution in [0.25, 0.3) is 0 Å². The maximum atomic E-state index is 12.9. The third kappa shape index (κ3) is 7.16. The molecule has 0 aliphatic carbocycles. The topological polar surface area (TPSA) is 84.5 Å². The van der Waals surface area contributed by atoms with Crippen LogP contribution in [0, 0.1) is 5.82 Å². The number of hydrogen-bond acceptors (Lipinski definition) is 4. The van der Waals surface area contributed by atoms with Gasteiger partial charge in [0, 0.05) is 20.1 Å². The molecule has 0 aliphatic rings. The molecule has 21 heavy (non-hydrogen) atoms. The van der Waals surface area contributed by atoms with E-state index < -0.39 is 21.9 Å². The molecule has 8 heteroatoms. The summed E-state index contributed by atoms with van der Waals surface area (Å²) in [5.74, 6) is -0.751. The molecule has 2 N–H and O–H groups in total. The summed E-state index contributed by atoms with van der Waals surface area (Å²) in [5.41, 5.74) is 0.517. The zero-order valence-corrected chi connectivity index (χ0v) is 12.7. The molecule has 0 bridgehead atoms. The Morgan fingerprint density at radius 2 is 1.95 bits per heavy atom. The van der Waals surface area contributed by atoms with Crippen LogP contribution in [-0.2, 0) is 19.6 Å². The van der Waals surface area contributed by atoms with Crippen LogP contribution in [0.2, 0.25) is 0 Å². The molecular weight excluding hydrogens is 299 g/mol. The van der Waals surface area contributed by atoms with Gasteiger partial charge in [-0.15, -0.1) is 0 Å². The summed E-state index contributed by atoms with van der Waals surface area (Å²) in [5, 5.41) is 2.61. The Balaban J connectivity index is 2.78. The fourth-order valence-electron chi connectivity index (χ4n) is 1.73. The van der Waals surface area contributed by atoms with Crippen LogP contribution in [0.15, 0.2) is 24.3 Å². The van der Waals surface area contributed by atoms with Crippen LogP contribution < -0.4 is 10.0 Å². The van der Waals surface area contributed by atoms with E-state index in [0.29, 0.717) is 18.7 Å². The average Bonchev–Trinajstić information content (AvgIpc) is 2.37. The van der Waals surface area contributed by atoms with Gasteiger partial charge in [0.05, 0.1) is 18.9 Å². The minimum Gasteiger partial charge on any atom is -0.383 e. The predicted octanol–water partition coefficient (Wildman–Crippen LogP) is 0.569. The van der Waals surface area contributed by atoms with Crippen LogP contribution in [0.1, 0.15) is 18.0 Å². The van der Waals surface area contributed by atoms with Crippen molar-refractivity contribution in [2.75, 3.05) is 26.5 Å². The molecular formula is C13H19FN2O4S. The van der Waals surface area contributed by atoms with Gasteiger partial charge < -0.3 is 10.1 Å². The van der Waals surface area contributed by atoms with Gasteiger partial charge in [-0.05, 0) is 17.7 Å². The second-order valence-corrected chi connectivity index (χ2v) is 6.32. The lowest BCUT2D eigenvalue weighted by molar-refractivity contribution is -0.121. The molecule has 118 valence electrons. The van der Waals surface area contributed by atoms with Crippen molar-refractivity contribution in [3.8, 4) is 0 Å². The van der Waals surface area contributed by atoms with Crippen molar-refractivity contribution < 1.29 is 22.3 Å². The van der Waals surface area contributed by atoms with Gasteiger partial charge in [-0.3, -0.25) is 4.79 Å². The minimum absolute atomic E-state index is 0.0809. The van der Waals surface area contributed by atoms with E-state index in [9.17, 15) is 17.6 Å². The Bertz CT molecular complexity index is 560. The summed E-state index contributed by atoms with van der Waals surface area (Å²) in [6, 6.07) is 4.58. The largest absolute Gasteiger partial charge is 0.383 e. The molecule has 1 rings (SSSR count). The maximum absolute atomic E-state index is 12.9. The van der Waals surface area contributed by atoms with Crippen molar-refractivity contribution in [2.45, 2.75) is 12.5 Å². The Labute approximate surface area is 123 Å². The molecule has 0 fully saturated rings. The van der Waals surface area contributed by atoms with E-state index in [2.05, 4.69) is 10.0 Å². The molecule has 1 aromatic rings. The molecule has 0 spiro atoms. The van der Waals surface area contributed by atoms with Gasteiger partial charge in [0.15, 0.2) is 0 Å². The van der Waals surface area contributed by atoms with E-state index in [1.807, 2.05) is 0 Å². The van der Waals surface area contributed by atoms with Crippen LogP contribution in [0.4, 0.5) is 4.39 Å². The van der Waals surface area contributed by atoms with Crippen LogP contribution in [0.5, 0.6) is 0 Å². The third-order valence-electron chi connectivity index (χ3n) is 2.65. The van der Waals surface area contributed by atoms with Gasteiger partial charge in [-0.1, -0.05) is 12.1 Å². The average molecular weight is 318 g/mol. The monoisotopic (exact) mass is 318 g/mol. The van der Waals surface area contributed by atoms with E-state index in [-0.39, 0.29) is 12.3 Å². The fourth-order valence-corrected chi connectivity index (χ4v) is 2.47. The minimum atomic E-state index is -3.50. The predicted molar refractivity (Wildman–Crippen MR) is 76.6 cm³/mol. The van der Waals surface area contributed by atoms with Crippen molar-refractivity contribution in [3.63, 3.8) is 0 Å². The summed E-state index contributed by atoms with van der Waals surface area (Å²) in [6.07, 6.45) is 0.925. The smallest absolute Gasteiger partial charge is 0.222 e. The molecule has 0 aliphatic heterocycles. The van der Waals surface area contributed by atoms with Crippen LogP contribution >= 0.6 is 0 Å². The van der Waals surface area contributed by atoms with Crippen LogP contribution in [0.3, 0.4) is 0 Å². The summed E-state index contributed by atoms with van der Waals surface area (Å²) in [7, 11) is -1.99. The van der Waals surface area contributed by atoms with Crippen molar-refractivity contribution in [1.82, 2.24) is 10.0 Å². The van der Waals surface area contributed by atoms with E-state index in [4.69, 9.17) is 4.74 Å². The zero-order chi connectivity index (χ0) is 15.9. The lowest BCUT2D eigenvalue weighted by Gasteiger charge is -2.17. The number of carbonyl (C=O) groups is 1. The number of hydrogen-bond donors (Lipinski definition) is 2. The molecule has 0 aromatic heterocycles. The summed E-state index contributed by atoms with van der Waals surface area (Å²) >= 11 is 0. The number of ether oxygens (including phenoxy) is 1. The van der Waals surface area contributed by atoms with Gasteiger partial charge >= 0.3 is 0 Å². The third-order valence-corrected chi connectivity index (χ3v) is 3.36. The fraction of sp³-hybridized carbons (Fsp3) is 0.462. The number of halogens is 1. The number of rotatable bonds is 8. The van der Waals surface area contributed by atoms with Crippen molar-refractivity contribution in [2.24, 2.45) is 0 Å². The van der Waals surface area contributed by atoms with Gasteiger partial charge in [0.25, 0.3) is 0 Å². The number of sulfonamides is 1. The van der Waals surface area contributed by atoms with Gasteiger partial charge in [0.1, 0.15) is 5.82 Å². The zero-order valence-electron chi connectivity index (χ0n) is 11.9.